The summed E-state index contributed by atoms with van der Waals surface area (Å²) in [5, 5.41) is 7.49. The molecule has 26 heavy (non-hydrogen) atoms. The van der Waals surface area contributed by atoms with E-state index >= 15 is 0 Å². The Balaban J connectivity index is 1.38. The van der Waals surface area contributed by atoms with Gasteiger partial charge in [0.15, 0.2) is 5.96 Å². The molecular weight excluding hydrogens is 394 g/mol. The molecule has 6 nitrogen and oxygen atoms in total. The van der Waals surface area contributed by atoms with E-state index in [-0.39, 0.29) is 0 Å². The van der Waals surface area contributed by atoms with E-state index in [4.69, 9.17) is 4.52 Å². The minimum atomic E-state index is 0.850. The summed E-state index contributed by atoms with van der Waals surface area (Å²) in [5.74, 6) is 1.00. The van der Waals surface area contributed by atoms with E-state index < -0.39 is 0 Å². The Morgan fingerprint density at radius 1 is 1.27 bits per heavy atom. The second kappa shape index (κ2) is 9.73. The van der Waals surface area contributed by atoms with Gasteiger partial charge in [-0.1, -0.05) is 33.2 Å². The zero-order chi connectivity index (χ0) is 18.2. The molecular formula is C19H26BrN5O. The highest BCUT2D eigenvalue weighted by atomic mass is 79.9. The summed E-state index contributed by atoms with van der Waals surface area (Å²) < 4.78 is 6.05. The number of halogens is 1. The van der Waals surface area contributed by atoms with Gasteiger partial charge in [-0.25, -0.2) is 0 Å². The first-order chi connectivity index (χ1) is 12.7. The molecule has 0 spiro atoms. The predicted molar refractivity (Wildman–Crippen MR) is 107 cm³/mol. The molecule has 2 heterocycles. The predicted octanol–water partition coefficient (Wildman–Crippen LogP) is 2.76. The number of guanidine groups is 1. The minimum absolute atomic E-state index is 0.850. The van der Waals surface area contributed by atoms with Crippen molar-refractivity contribution in [3.63, 3.8) is 0 Å². The van der Waals surface area contributed by atoms with Crippen molar-refractivity contribution < 1.29 is 4.52 Å². The Hall–Kier alpha value is -1.86. The normalized spacial score (nSPS) is 16.1. The largest absolute Gasteiger partial charge is 0.364 e. The summed E-state index contributed by atoms with van der Waals surface area (Å²) in [7, 11) is 1.86. The molecule has 0 saturated carbocycles. The van der Waals surface area contributed by atoms with Crippen molar-refractivity contribution in [2.45, 2.75) is 19.4 Å². The molecule has 7 heteroatoms. The van der Waals surface area contributed by atoms with Crippen molar-refractivity contribution in [1.82, 2.24) is 20.3 Å². The number of aliphatic imine (C=N–C) groups is 1. The molecule has 1 aromatic heterocycles. The van der Waals surface area contributed by atoms with Crippen LogP contribution in [0.1, 0.15) is 17.7 Å². The average Bonchev–Trinajstić information content (AvgIpc) is 3.16. The maximum absolute atomic E-state index is 4.91. The first-order valence-corrected chi connectivity index (χ1v) is 9.85. The van der Waals surface area contributed by atoms with Crippen molar-refractivity contribution in [3.8, 4) is 0 Å². The highest BCUT2D eigenvalue weighted by molar-refractivity contribution is 9.10. The first-order valence-electron chi connectivity index (χ1n) is 9.06. The van der Waals surface area contributed by atoms with Crippen molar-refractivity contribution in [1.29, 1.82) is 0 Å². The third-order valence-electron chi connectivity index (χ3n) is 4.57. The summed E-state index contributed by atoms with van der Waals surface area (Å²) in [5.41, 5.74) is 2.35. The fraction of sp³-hybridized carbons (Fsp3) is 0.474. The van der Waals surface area contributed by atoms with Gasteiger partial charge in [-0.2, -0.15) is 0 Å². The molecule has 1 aromatic carbocycles. The Labute approximate surface area is 163 Å². The summed E-state index contributed by atoms with van der Waals surface area (Å²) in [6, 6.07) is 10.4. The molecule has 0 bridgehead atoms. The van der Waals surface area contributed by atoms with Crippen LogP contribution in [0.25, 0.3) is 0 Å². The lowest BCUT2D eigenvalue weighted by atomic mass is 10.1. The highest BCUT2D eigenvalue weighted by Crippen LogP contribution is 2.13. The first kappa shape index (κ1) is 18.9. The quantitative estimate of drug-likeness (QED) is 0.443. The van der Waals surface area contributed by atoms with Gasteiger partial charge in [0.2, 0.25) is 0 Å². The lowest BCUT2D eigenvalue weighted by molar-refractivity contribution is 0.169. The van der Waals surface area contributed by atoms with Gasteiger partial charge in [-0.3, -0.25) is 9.89 Å². The topological polar surface area (TPSA) is 56.9 Å². The molecule has 1 saturated heterocycles. The smallest absolute Gasteiger partial charge is 0.193 e. The van der Waals surface area contributed by atoms with E-state index in [1.54, 1.807) is 6.26 Å². The van der Waals surface area contributed by atoms with Crippen LogP contribution in [0.3, 0.4) is 0 Å². The SMILES string of the molecule is CN=C(NCCCc1cccc(Br)c1)N1CCN(Cc2ccon2)CC1. The zero-order valence-electron chi connectivity index (χ0n) is 15.2. The Morgan fingerprint density at radius 2 is 2.12 bits per heavy atom. The molecule has 140 valence electrons. The van der Waals surface area contributed by atoms with E-state index in [1.807, 2.05) is 13.1 Å². The van der Waals surface area contributed by atoms with Crippen LogP contribution in [0.4, 0.5) is 0 Å². The van der Waals surface area contributed by atoms with Gasteiger partial charge in [0.1, 0.15) is 6.26 Å². The van der Waals surface area contributed by atoms with Crippen molar-refractivity contribution >= 4 is 21.9 Å². The van der Waals surface area contributed by atoms with E-state index in [0.29, 0.717) is 0 Å². The van der Waals surface area contributed by atoms with Crippen LogP contribution in [0.5, 0.6) is 0 Å². The number of aryl methyl sites for hydroxylation is 1. The van der Waals surface area contributed by atoms with Crippen LogP contribution >= 0.6 is 15.9 Å². The average molecular weight is 420 g/mol. The van der Waals surface area contributed by atoms with Gasteiger partial charge in [-0.05, 0) is 30.5 Å². The van der Waals surface area contributed by atoms with E-state index in [1.165, 1.54) is 5.56 Å². The van der Waals surface area contributed by atoms with Gasteiger partial charge in [-0.15, -0.1) is 0 Å². The molecule has 0 radical (unpaired) electrons. The number of nitrogens with zero attached hydrogens (tertiary/aromatic N) is 4. The third-order valence-corrected chi connectivity index (χ3v) is 5.07. The van der Waals surface area contributed by atoms with E-state index in [9.17, 15) is 0 Å². The third kappa shape index (κ3) is 5.57. The van der Waals surface area contributed by atoms with Crippen LogP contribution in [0.15, 0.2) is 50.6 Å². The van der Waals surface area contributed by atoms with E-state index in [2.05, 4.69) is 65.5 Å². The fourth-order valence-electron chi connectivity index (χ4n) is 3.18. The Morgan fingerprint density at radius 3 is 2.81 bits per heavy atom. The van der Waals surface area contributed by atoms with Crippen LogP contribution in [-0.4, -0.2) is 60.7 Å². The molecule has 3 rings (SSSR count). The lowest BCUT2D eigenvalue weighted by Crippen LogP contribution is -2.52. The second-order valence-electron chi connectivity index (χ2n) is 6.46. The van der Waals surface area contributed by atoms with Crippen LogP contribution in [-0.2, 0) is 13.0 Å². The second-order valence-corrected chi connectivity index (χ2v) is 7.38. The molecule has 1 aliphatic heterocycles. The monoisotopic (exact) mass is 419 g/mol. The maximum Gasteiger partial charge on any atom is 0.193 e. The molecule has 2 aromatic rings. The number of aromatic nitrogens is 1. The number of rotatable bonds is 6. The van der Waals surface area contributed by atoms with Crippen LogP contribution in [0.2, 0.25) is 0 Å². The molecule has 0 aliphatic carbocycles. The Kier molecular flexibility index (Phi) is 7.08. The van der Waals surface area contributed by atoms with Crippen LogP contribution < -0.4 is 5.32 Å². The molecule has 0 atom stereocenters. The molecule has 1 fully saturated rings. The summed E-state index contributed by atoms with van der Waals surface area (Å²) in [6.45, 7) is 5.74. The van der Waals surface area contributed by atoms with Gasteiger partial charge in [0.05, 0.1) is 5.69 Å². The summed E-state index contributed by atoms with van der Waals surface area (Å²) in [4.78, 5) is 9.18. The zero-order valence-corrected chi connectivity index (χ0v) is 16.8. The number of nitrogens with one attached hydrogen (secondary N) is 1. The molecule has 1 N–H and O–H groups in total. The van der Waals surface area contributed by atoms with Crippen molar-refractivity contribution in [2.75, 3.05) is 39.8 Å². The fourth-order valence-corrected chi connectivity index (χ4v) is 3.63. The summed E-state index contributed by atoms with van der Waals surface area (Å²) >= 11 is 3.53. The summed E-state index contributed by atoms with van der Waals surface area (Å²) in [6.07, 6.45) is 3.78. The van der Waals surface area contributed by atoms with Gasteiger partial charge in [0.25, 0.3) is 0 Å². The molecule has 0 amide bonds. The lowest BCUT2D eigenvalue weighted by Gasteiger charge is -2.36. The van der Waals surface area contributed by atoms with Gasteiger partial charge < -0.3 is 14.7 Å². The highest BCUT2D eigenvalue weighted by Gasteiger charge is 2.20. The standard InChI is InChI=1S/C19H26BrN5O/c1-21-19(22-8-3-5-16-4-2-6-17(20)14-16)25-11-9-24(10-12-25)15-18-7-13-26-23-18/h2,4,6-7,13-14H,3,5,8-12,15H2,1H3,(H,21,22). The van der Waals surface area contributed by atoms with E-state index in [0.717, 1.165) is 68.2 Å². The van der Waals surface area contributed by atoms with Gasteiger partial charge in [0, 0.05) is 56.9 Å². The Bertz CT molecular complexity index is 696. The van der Waals surface area contributed by atoms with Gasteiger partial charge >= 0.3 is 0 Å². The van der Waals surface area contributed by atoms with Crippen LogP contribution in [0, 0.1) is 0 Å². The number of hydrogen-bond acceptors (Lipinski definition) is 4. The molecule has 1 aliphatic rings. The van der Waals surface area contributed by atoms with Crippen molar-refractivity contribution in [3.05, 3.63) is 52.3 Å². The molecule has 0 unspecified atom stereocenters. The number of hydrogen-bond donors (Lipinski definition) is 1. The minimum Gasteiger partial charge on any atom is -0.364 e. The number of piperazine rings is 1. The number of benzene rings is 1. The maximum atomic E-state index is 4.91. The van der Waals surface area contributed by atoms with Crippen molar-refractivity contribution in [2.24, 2.45) is 4.99 Å².